The van der Waals surface area contributed by atoms with E-state index in [-0.39, 0.29) is 16.3 Å². The zero-order valence-electron chi connectivity index (χ0n) is 9.89. The number of benzene rings is 1. The highest BCUT2D eigenvalue weighted by Crippen LogP contribution is 2.33. The Morgan fingerprint density at radius 2 is 2.00 bits per heavy atom. The molecule has 0 atom stereocenters. The van der Waals surface area contributed by atoms with Crippen LogP contribution in [0.15, 0.2) is 40.9 Å². The van der Waals surface area contributed by atoms with Crippen LogP contribution < -0.4 is 5.01 Å². The predicted octanol–water partition coefficient (Wildman–Crippen LogP) is 3.44. The molecule has 8 nitrogen and oxygen atoms in total. The Hall–Kier alpha value is -2.81. The van der Waals surface area contributed by atoms with E-state index in [1.807, 2.05) is 0 Å². The molecule has 1 aromatic carbocycles. The number of hydrogen-bond acceptors (Lipinski definition) is 6. The van der Waals surface area contributed by atoms with Crippen LogP contribution in [0.5, 0.6) is 0 Å². The number of rotatable bonds is 5. The second-order valence-corrected chi connectivity index (χ2v) is 4.54. The minimum absolute atomic E-state index is 0.0411. The molecular formula is C11H8N4O4S. The van der Waals surface area contributed by atoms with E-state index in [1.54, 1.807) is 5.38 Å². The lowest BCUT2D eigenvalue weighted by atomic mass is 10.2. The molecule has 0 unspecified atom stereocenters. The van der Waals surface area contributed by atoms with E-state index in [0.29, 0.717) is 5.69 Å². The fourth-order valence-corrected chi connectivity index (χ4v) is 2.30. The summed E-state index contributed by atoms with van der Waals surface area (Å²) in [7, 11) is 0. The van der Waals surface area contributed by atoms with Gasteiger partial charge in [-0.05, 0) is 23.6 Å². The number of nitrogens with one attached hydrogen (secondary N) is 1. The zero-order valence-corrected chi connectivity index (χ0v) is 10.7. The maximum atomic E-state index is 11.1. The Bertz CT molecular complexity index is 667. The van der Waals surface area contributed by atoms with Gasteiger partial charge in [0.25, 0.3) is 5.69 Å². The summed E-state index contributed by atoms with van der Waals surface area (Å²) in [6, 6.07) is 6.85. The van der Waals surface area contributed by atoms with Crippen LogP contribution in [0.25, 0.3) is 0 Å². The third-order valence-electron chi connectivity index (χ3n) is 2.47. The Labute approximate surface area is 116 Å². The third kappa shape index (κ3) is 2.47. The molecule has 9 heteroatoms. The summed E-state index contributed by atoms with van der Waals surface area (Å²) in [5, 5.41) is 25.6. The molecule has 0 aliphatic carbocycles. The Kier molecular flexibility index (Phi) is 3.71. The Morgan fingerprint density at radius 3 is 2.50 bits per heavy atom. The lowest BCUT2D eigenvalue weighted by Crippen LogP contribution is -2.10. The first-order valence-electron chi connectivity index (χ1n) is 5.27. The molecule has 0 aliphatic heterocycles. The number of carbonyl (C=O) groups is 1. The van der Waals surface area contributed by atoms with Gasteiger partial charge in [-0.3, -0.25) is 10.1 Å². The number of carboxylic acid groups (broad SMARTS) is 1. The molecule has 1 aromatic heterocycles. The monoisotopic (exact) mass is 292 g/mol. The van der Waals surface area contributed by atoms with Gasteiger partial charge in [0.15, 0.2) is 0 Å². The van der Waals surface area contributed by atoms with Gasteiger partial charge in [-0.1, -0.05) is 5.22 Å². The molecule has 0 fully saturated rings. The van der Waals surface area contributed by atoms with Crippen LogP contribution >= 0.6 is 11.3 Å². The number of nitrogens with zero attached hydrogens (tertiary/aromatic N) is 3. The number of nitro benzene ring substituents is 1. The molecule has 1 heterocycles. The first-order valence-corrected chi connectivity index (χ1v) is 6.15. The Balaban J connectivity index is 2.42. The van der Waals surface area contributed by atoms with Gasteiger partial charge in [0.1, 0.15) is 4.88 Å². The average Bonchev–Trinajstić information content (AvgIpc) is 2.89. The first-order chi connectivity index (χ1) is 9.54. The molecule has 20 heavy (non-hydrogen) atoms. The summed E-state index contributed by atoms with van der Waals surface area (Å²) >= 11 is 1.01. The van der Waals surface area contributed by atoms with Crippen molar-refractivity contribution in [3.05, 3.63) is 50.7 Å². The van der Waals surface area contributed by atoms with Gasteiger partial charge in [0.05, 0.1) is 16.3 Å². The van der Waals surface area contributed by atoms with E-state index >= 15 is 0 Å². The van der Waals surface area contributed by atoms with Crippen LogP contribution in [0.1, 0.15) is 9.67 Å². The van der Waals surface area contributed by atoms with Crippen LogP contribution in [-0.4, -0.2) is 16.0 Å². The van der Waals surface area contributed by atoms with Gasteiger partial charge in [-0.25, -0.2) is 9.80 Å². The number of anilines is 2. The van der Waals surface area contributed by atoms with Crippen molar-refractivity contribution >= 4 is 34.4 Å². The van der Waals surface area contributed by atoms with Crippen molar-refractivity contribution in [3.8, 4) is 0 Å². The molecule has 0 radical (unpaired) electrons. The van der Waals surface area contributed by atoms with E-state index in [9.17, 15) is 14.9 Å². The summed E-state index contributed by atoms with van der Waals surface area (Å²) < 4.78 is 0. The second kappa shape index (κ2) is 5.45. The van der Waals surface area contributed by atoms with Crippen LogP contribution in [-0.2, 0) is 0 Å². The summed E-state index contributed by atoms with van der Waals surface area (Å²) in [6.07, 6.45) is 0. The van der Waals surface area contributed by atoms with Crippen molar-refractivity contribution < 1.29 is 14.8 Å². The van der Waals surface area contributed by atoms with Crippen molar-refractivity contribution in [2.24, 2.45) is 5.22 Å². The second-order valence-electron chi connectivity index (χ2n) is 3.63. The minimum Gasteiger partial charge on any atom is -0.477 e. The van der Waals surface area contributed by atoms with Crippen molar-refractivity contribution in [1.82, 2.24) is 0 Å². The summed E-state index contributed by atoms with van der Waals surface area (Å²) in [4.78, 5) is 21.1. The molecular weight excluding hydrogens is 284 g/mol. The number of hydrogen-bond donors (Lipinski definition) is 2. The van der Waals surface area contributed by atoms with E-state index in [1.165, 1.54) is 30.3 Å². The molecule has 0 saturated carbocycles. The van der Waals surface area contributed by atoms with Crippen molar-refractivity contribution in [2.45, 2.75) is 0 Å². The Morgan fingerprint density at radius 1 is 1.35 bits per heavy atom. The summed E-state index contributed by atoms with van der Waals surface area (Å²) in [6.45, 7) is 0. The number of aromatic carboxylic acids is 1. The zero-order chi connectivity index (χ0) is 14.7. The van der Waals surface area contributed by atoms with E-state index in [2.05, 4.69) is 5.22 Å². The third-order valence-corrected chi connectivity index (χ3v) is 3.36. The highest BCUT2D eigenvalue weighted by molar-refractivity contribution is 7.12. The lowest BCUT2D eigenvalue weighted by molar-refractivity contribution is -0.384. The number of thiophene rings is 1. The van der Waals surface area contributed by atoms with Gasteiger partial charge in [-0.15, -0.1) is 11.3 Å². The maximum Gasteiger partial charge on any atom is 0.348 e. The normalized spacial score (nSPS) is 10.0. The van der Waals surface area contributed by atoms with Crippen LogP contribution in [0.4, 0.5) is 17.1 Å². The molecule has 0 aliphatic rings. The van der Waals surface area contributed by atoms with E-state index in [4.69, 9.17) is 10.6 Å². The fraction of sp³-hybridized carbons (Fsp3) is 0. The van der Waals surface area contributed by atoms with E-state index in [0.717, 1.165) is 16.3 Å². The fourth-order valence-electron chi connectivity index (χ4n) is 1.60. The quantitative estimate of drug-likeness (QED) is 0.497. The van der Waals surface area contributed by atoms with Crippen molar-refractivity contribution in [3.63, 3.8) is 0 Å². The van der Waals surface area contributed by atoms with Gasteiger partial charge in [-0.2, -0.15) is 5.53 Å². The molecule has 0 saturated heterocycles. The van der Waals surface area contributed by atoms with E-state index < -0.39 is 10.9 Å². The van der Waals surface area contributed by atoms with Crippen LogP contribution in [0, 0.1) is 15.6 Å². The molecule has 102 valence electrons. The topological polar surface area (TPSA) is 120 Å². The molecule has 0 spiro atoms. The number of nitro groups is 1. The first kappa shape index (κ1) is 13.6. The van der Waals surface area contributed by atoms with Gasteiger partial charge >= 0.3 is 5.97 Å². The number of carboxylic acids is 1. The predicted molar refractivity (Wildman–Crippen MR) is 71.7 cm³/mol. The molecule has 0 bridgehead atoms. The highest BCUT2D eigenvalue weighted by atomic mass is 32.1. The van der Waals surface area contributed by atoms with Crippen molar-refractivity contribution in [2.75, 3.05) is 5.01 Å². The smallest absolute Gasteiger partial charge is 0.348 e. The highest BCUT2D eigenvalue weighted by Gasteiger charge is 2.19. The average molecular weight is 292 g/mol. The summed E-state index contributed by atoms with van der Waals surface area (Å²) in [5.74, 6) is -1.12. The molecule has 2 rings (SSSR count). The molecule has 2 aromatic rings. The van der Waals surface area contributed by atoms with Crippen LogP contribution in [0.3, 0.4) is 0 Å². The summed E-state index contributed by atoms with van der Waals surface area (Å²) in [5.41, 5.74) is 7.69. The maximum absolute atomic E-state index is 11.1. The van der Waals surface area contributed by atoms with Crippen LogP contribution in [0.2, 0.25) is 0 Å². The largest absolute Gasteiger partial charge is 0.477 e. The number of non-ortho nitro benzene ring substituents is 1. The van der Waals surface area contributed by atoms with Gasteiger partial charge in [0.2, 0.25) is 0 Å². The standard InChI is InChI=1S/C11H8N4O4S/c12-13-14(9-5-6-20-10(9)11(16)17)7-1-3-8(4-2-7)15(18)19/h1-6,12H,(H,16,17). The van der Waals surface area contributed by atoms with Gasteiger partial charge < -0.3 is 5.11 Å². The molecule has 0 amide bonds. The lowest BCUT2D eigenvalue weighted by Gasteiger charge is -2.16. The molecule has 2 N–H and O–H groups in total. The van der Waals surface area contributed by atoms with Crippen molar-refractivity contribution in [1.29, 1.82) is 5.53 Å². The minimum atomic E-state index is -1.12. The van der Waals surface area contributed by atoms with Gasteiger partial charge in [0, 0.05) is 12.1 Å². The SMILES string of the molecule is N=NN(c1ccc([N+](=O)[O-])cc1)c1ccsc1C(=O)O.